The Bertz CT molecular complexity index is 915. The Balaban J connectivity index is 1.53. The zero-order valence-corrected chi connectivity index (χ0v) is 16.6. The number of rotatable bonds is 5. The summed E-state index contributed by atoms with van der Waals surface area (Å²) >= 11 is 11.8. The Morgan fingerprint density at radius 3 is 2.57 bits per heavy atom. The Hall–Kier alpha value is -2.57. The number of esters is 1. The summed E-state index contributed by atoms with van der Waals surface area (Å²) in [5, 5.41) is 3.27. The smallest absolute Gasteiger partial charge is 0.311 e. The summed E-state index contributed by atoms with van der Waals surface area (Å²) in [5.41, 5.74) is 2.19. The molecule has 1 atom stereocenters. The quantitative estimate of drug-likeness (QED) is 0.745. The molecule has 2 aromatic carbocycles. The summed E-state index contributed by atoms with van der Waals surface area (Å²) in [7, 11) is 0. The van der Waals surface area contributed by atoms with Crippen LogP contribution in [0.15, 0.2) is 42.5 Å². The first-order chi connectivity index (χ1) is 13.3. The summed E-state index contributed by atoms with van der Waals surface area (Å²) in [5.74, 6) is -1.87. The number of aryl methyl sites for hydroxylation is 1. The Morgan fingerprint density at radius 1 is 1.18 bits per heavy atom. The van der Waals surface area contributed by atoms with Gasteiger partial charge in [-0.2, -0.15) is 0 Å². The van der Waals surface area contributed by atoms with Crippen molar-refractivity contribution in [1.29, 1.82) is 0 Å². The molecule has 1 saturated heterocycles. The van der Waals surface area contributed by atoms with E-state index in [9.17, 15) is 14.4 Å². The van der Waals surface area contributed by atoms with E-state index in [-0.39, 0.29) is 23.9 Å². The van der Waals surface area contributed by atoms with E-state index in [1.165, 1.54) is 6.07 Å². The minimum Gasteiger partial charge on any atom is -0.455 e. The minimum absolute atomic E-state index is 0.0529. The highest BCUT2D eigenvalue weighted by molar-refractivity contribution is 6.36. The maximum Gasteiger partial charge on any atom is 0.311 e. The van der Waals surface area contributed by atoms with Crippen molar-refractivity contribution in [3.8, 4) is 0 Å². The van der Waals surface area contributed by atoms with E-state index >= 15 is 0 Å². The van der Waals surface area contributed by atoms with Gasteiger partial charge in [-0.05, 0) is 37.3 Å². The summed E-state index contributed by atoms with van der Waals surface area (Å²) in [6.45, 7) is 1.72. The lowest BCUT2D eigenvalue weighted by Crippen LogP contribution is -2.28. The lowest BCUT2D eigenvalue weighted by Gasteiger charge is -2.16. The third-order valence-corrected chi connectivity index (χ3v) is 4.90. The van der Waals surface area contributed by atoms with Gasteiger partial charge in [0.05, 0.1) is 16.6 Å². The van der Waals surface area contributed by atoms with Crippen LogP contribution >= 0.6 is 23.2 Å². The highest BCUT2D eigenvalue weighted by Crippen LogP contribution is 2.27. The average molecular weight is 421 g/mol. The molecular weight excluding hydrogens is 403 g/mol. The zero-order chi connectivity index (χ0) is 20.3. The van der Waals surface area contributed by atoms with Gasteiger partial charge < -0.3 is 15.0 Å². The predicted octanol–water partition coefficient (Wildman–Crippen LogP) is 3.84. The molecule has 0 saturated carbocycles. The molecule has 0 radical (unpaired) electrons. The van der Waals surface area contributed by atoms with Gasteiger partial charge in [-0.1, -0.05) is 40.9 Å². The normalized spacial score (nSPS) is 16.2. The molecule has 0 unspecified atom stereocenters. The first-order valence-corrected chi connectivity index (χ1v) is 9.37. The number of hydrogen-bond acceptors (Lipinski definition) is 4. The van der Waals surface area contributed by atoms with Crippen LogP contribution in [-0.4, -0.2) is 30.9 Å². The van der Waals surface area contributed by atoms with Crippen molar-refractivity contribution in [3.05, 3.63) is 58.1 Å². The third kappa shape index (κ3) is 4.82. The number of carbonyl (C=O) groups excluding carboxylic acids is 3. The van der Waals surface area contributed by atoms with Crippen molar-refractivity contribution in [3.63, 3.8) is 0 Å². The number of amides is 2. The molecule has 8 heteroatoms. The Labute approximate surface area is 172 Å². The average Bonchev–Trinajstić information content (AvgIpc) is 3.04. The van der Waals surface area contributed by atoms with Crippen molar-refractivity contribution in [1.82, 2.24) is 0 Å². The van der Waals surface area contributed by atoms with Gasteiger partial charge in [-0.3, -0.25) is 14.4 Å². The maximum atomic E-state index is 12.3. The monoisotopic (exact) mass is 420 g/mol. The SMILES string of the molecule is Cc1ccc(N2C[C@H](C(=O)OCC(=O)Nc3ccc(Cl)cc3Cl)CC2=O)cc1. The van der Waals surface area contributed by atoms with Gasteiger partial charge in [-0.25, -0.2) is 0 Å². The molecule has 0 bridgehead atoms. The first kappa shape index (κ1) is 20.2. The number of halogens is 2. The molecule has 1 heterocycles. The van der Waals surface area contributed by atoms with Gasteiger partial charge in [0.25, 0.3) is 5.91 Å². The second kappa shape index (κ2) is 8.63. The van der Waals surface area contributed by atoms with E-state index in [1.807, 2.05) is 31.2 Å². The van der Waals surface area contributed by atoms with E-state index in [4.69, 9.17) is 27.9 Å². The van der Waals surface area contributed by atoms with Crippen molar-refractivity contribution in [2.75, 3.05) is 23.4 Å². The van der Waals surface area contributed by atoms with Gasteiger partial charge in [-0.15, -0.1) is 0 Å². The number of ether oxygens (including phenoxy) is 1. The van der Waals surface area contributed by atoms with Gasteiger partial charge in [0.15, 0.2) is 6.61 Å². The van der Waals surface area contributed by atoms with E-state index < -0.39 is 24.4 Å². The van der Waals surface area contributed by atoms with Crippen LogP contribution in [0.2, 0.25) is 10.0 Å². The summed E-state index contributed by atoms with van der Waals surface area (Å²) in [6.07, 6.45) is 0.0529. The molecule has 6 nitrogen and oxygen atoms in total. The van der Waals surface area contributed by atoms with Crippen LogP contribution in [0.3, 0.4) is 0 Å². The molecule has 0 spiro atoms. The lowest BCUT2D eigenvalue weighted by atomic mass is 10.1. The van der Waals surface area contributed by atoms with Crippen LogP contribution in [-0.2, 0) is 19.1 Å². The van der Waals surface area contributed by atoms with Crippen molar-refractivity contribution >= 4 is 52.4 Å². The van der Waals surface area contributed by atoms with Crippen LogP contribution in [0.5, 0.6) is 0 Å². The molecule has 1 aliphatic heterocycles. The standard InChI is InChI=1S/C20H18Cl2N2O4/c1-12-2-5-15(6-3-12)24-10-13(8-19(24)26)20(27)28-11-18(25)23-17-7-4-14(21)9-16(17)22/h2-7,9,13H,8,10-11H2,1H3,(H,23,25)/t13-/m1/s1. The predicted molar refractivity (Wildman–Crippen MR) is 108 cm³/mol. The molecule has 146 valence electrons. The van der Waals surface area contributed by atoms with Gasteiger partial charge in [0.2, 0.25) is 5.91 Å². The van der Waals surface area contributed by atoms with E-state index in [1.54, 1.807) is 17.0 Å². The van der Waals surface area contributed by atoms with Gasteiger partial charge >= 0.3 is 5.97 Å². The number of anilines is 2. The summed E-state index contributed by atoms with van der Waals surface area (Å²) in [6, 6.07) is 12.1. The second-order valence-corrected chi connectivity index (χ2v) is 7.36. The van der Waals surface area contributed by atoms with Crippen LogP contribution in [0.25, 0.3) is 0 Å². The highest BCUT2D eigenvalue weighted by Gasteiger charge is 2.36. The fourth-order valence-corrected chi connectivity index (χ4v) is 3.33. The number of nitrogens with zero attached hydrogens (tertiary/aromatic N) is 1. The van der Waals surface area contributed by atoms with E-state index in [0.29, 0.717) is 10.7 Å². The maximum absolute atomic E-state index is 12.3. The molecule has 28 heavy (non-hydrogen) atoms. The summed E-state index contributed by atoms with van der Waals surface area (Å²) in [4.78, 5) is 38.0. The number of benzene rings is 2. The zero-order valence-electron chi connectivity index (χ0n) is 15.1. The molecule has 3 rings (SSSR count). The molecule has 1 N–H and O–H groups in total. The van der Waals surface area contributed by atoms with Crippen molar-refractivity contribution in [2.45, 2.75) is 13.3 Å². The largest absolute Gasteiger partial charge is 0.455 e. The topological polar surface area (TPSA) is 75.7 Å². The Morgan fingerprint density at radius 2 is 1.89 bits per heavy atom. The van der Waals surface area contributed by atoms with E-state index in [2.05, 4.69) is 5.32 Å². The van der Waals surface area contributed by atoms with Crippen molar-refractivity contribution < 1.29 is 19.1 Å². The number of hydrogen-bond donors (Lipinski definition) is 1. The Kier molecular flexibility index (Phi) is 6.21. The molecule has 0 aliphatic carbocycles. The summed E-state index contributed by atoms with van der Waals surface area (Å²) < 4.78 is 5.08. The third-order valence-electron chi connectivity index (χ3n) is 4.35. The molecule has 1 aliphatic rings. The molecule has 2 aromatic rings. The number of nitrogens with one attached hydrogen (secondary N) is 1. The number of carbonyl (C=O) groups is 3. The fourth-order valence-electron chi connectivity index (χ4n) is 2.87. The van der Waals surface area contributed by atoms with Crippen LogP contribution in [0.4, 0.5) is 11.4 Å². The van der Waals surface area contributed by atoms with Gasteiger partial charge in [0.1, 0.15) is 0 Å². The molecule has 0 aromatic heterocycles. The highest BCUT2D eigenvalue weighted by atomic mass is 35.5. The fraction of sp³-hybridized carbons (Fsp3) is 0.250. The lowest BCUT2D eigenvalue weighted by molar-refractivity contribution is -0.151. The van der Waals surface area contributed by atoms with E-state index in [0.717, 1.165) is 11.3 Å². The van der Waals surface area contributed by atoms with Gasteiger partial charge in [0, 0.05) is 23.7 Å². The van der Waals surface area contributed by atoms with Crippen LogP contribution in [0.1, 0.15) is 12.0 Å². The van der Waals surface area contributed by atoms with Crippen LogP contribution < -0.4 is 10.2 Å². The first-order valence-electron chi connectivity index (χ1n) is 8.62. The molecule has 2 amide bonds. The second-order valence-electron chi connectivity index (χ2n) is 6.52. The van der Waals surface area contributed by atoms with Crippen molar-refractivity contribution in [2.24, 2.45) is 5.92 Å². The van der Waals surface area contributed by atoms with Crippen LogP contribution in [0, 0.1) is 12.8 Å². The molecule has 1 fully saturated rings. The minimum atomic E-state index is -0.610. The molecular formula is C20H18Cl2N2O4.